The van der Waals surface area contributed by atoms with Gasteiger partial charge in [0.2, 0.25) is 18.6 Å². The molecule has 0 radical (unpaired) electrons. The van der Waals surface area contributed by atoms with Crippen LogP contribution in [0.25, 0.3) is 0 Å². The summed E-state index contributed by atoms with van der Waals surface area (Å²) in [5.74, 6) is 1.42. The molecule has 2 aliphatic rings. The van der Waals surface area contributed by atoms with Crippen LogP contribution >= 0.6 is 0 Å². The number of ether oxygens (including phenoxy) is 2. The number of fused-ring (bicyclic) bond motifs is 1. The van der Waals surface area contributed by atoms with E-state index in [1.165, 1.54) is 0 Å². The largest absolute Gasteiger partial charge is 0.454 e. The van der Waals surface area contributed by atoms with E-state index in [-0.39, 0.29) is 24.6 Å². The summed E-state index contributed by atoms with van der Waals surface area (Å²) < 4.78 is 10.8. The van der Waals surface area contributed by atoms with Gasteiger partial charge in [0, 0.05) is 19.0 Å². The van der Waals surface area contributed by atoms with Gasteiger partial charge in [-0.1, -0.05) is 50.1 Å². The Morgan fingerprint density at radius 2 is 1.85 bits per heavy atom. The van der Waals surface area contributed by atoms with Gasteiger partial charge >= 0.3 is 0 Å². The molecule has 0 spiro atoms. The molecule has 1 N–H and O–H groups in total. The van der Waals surface area contributed by atoms with Crippen molar-refractivity contribution in [3.63, 3.8) is 0 Å². The lowest BCUT2D eigenvalue weighted by molar-refractivity contribution is -0.141. The Labute approximate surface area is 196 Å². The van der Waals surface area contributed by atoms with Crippen molar-refractivity contribution in [2.45, 2.75) is 77.4 Å². The van der Waals surface area contributed by atoms with E-state index in [9.17, 15) is 9.59 Å². The zero-order chi connectivity index (χ0) is 23.2. The van der Waals surface area contributed by atoms with E-state index < -0.39 is 6.04 Å². The Bertz CT molecular complexity index is 984. The molecule has 1 aliphatic carbocycles. The lowest BCUT2D eigenvalue weighted by Crippen LogP contribution is -2.51. The topological polar surface area (TPSA) is 67.9 Å². The lowest BCUT2D eigenvalue weighted by atomic mass is 10.0. The fourth-order valence-electron chi connectivity index (χ4n) is 4.75. The van der Waals surface area contributed by atoms with Crippen molar-refractivity contribution in [1.82, 2.24) is 10.2 Å². The third-order valence-electron chi connectivity index (χ3n) is 6.75. The molecule has 6 nitrogen and oxygen atoms in total. The minimum absolute atomic E-state index is 0.00987. The first-order chi connectivity index (χ1) is 16.0. The molecule has 176 valence electrons. The van der Waals surface area contributed by atoms with Gasteiger partial charge in [-0.2, -0.15) is 0 Å². The van der Waals surface area contributed by atoms with Gasteiger partial charge in [0.05, 0.1) is 0 Å². The third kappa shape index (κ3) is 5.67. The minimum Gasteiger partial charge on any atom is -0.454 e. The molecule has 4 rings (SSSR count). The highest BCUT2D eigenvalue weighted by molar-refractivity contribution is 5.88. The number of amides is 2. The zero-order valence-electron chi connectivity index (χ0n) is 19.6. The average molecular weight is 451 g/mol. The summed E-state index contributed by atoms with van der Waals surface area (Å²) in [5.41, 5.74) is 3.21. The van der Waals surface area contributed by atoms with E-state index in [1.54, 1.807) is 4.90 Å². The molecule has 1 saturated carbocycles. The molecule has 1 aliphatic heterocycles. The zero-order valence-corrected chi connectivity index (χ0v) is 19.6. The number of nitrogens with one attached hydrogen (secondary N) is 1. The molecule has 6 heteroatoms. The van der Waals surface area contributed by atoms with Crippen molar-refractivity contribution in [3.8, 4) is 11.5 Å². The van der Waals surface area contributed by atoms with Crippen LogP contribution in [0.2, 0.25) is 0 Å². The van der Waals surface area contributed by atoms with Crippen molar-refractivity contribution >= 4 is 11.8 Å². The Morgan fingerprint density at radius 1 is 1.09 bits per heavy atom. The average Bonchev–Trinajstić information content (AvgIpc) is 3.50. The number of nitrogens with zero attached hydrogens (tertiary/aromatic N) is 1. The van der Waals surface area contributed by atoms with Crippen LogP contribution in [0.4, 0.5) is 0 Å². The van der Waals surface area contributed by atoms with E-state index in [1.807, 2.05) is 56.3 Å². The molecular weight excluding hydrogens is 416 g/mol. The monoisotopic (exact) mass is 450 g/mol. The number of hydrogen-bond acceptors (Lipinski definition) is 4. The maximum Gasteiger partial charge on any atom is 0.243 e. The second-order valence-electron chi connectivity index (χ2n) is 9.05. The maximum atomic E-state index is 13.5. The number of aryl methyl sites for hydroxylation is 2. The smallest absolute Gasteiger partial charge is 0.243 e. The Hall–Kier alpha value is -3.02. The molecule has 0 aromatic heterocycles. The van der Waals surface area contributed by atoms with E-state index in [0.29, 0.717) is 25.8 Å². The van der Waals surface area contributed by atoms with E-state index in [2.05, 4.69) is 5.32 Å². The number of carbonyl (C=O) groups is 2. The van der Waals surface area contributed by atoms with E-state index in [0.717, 1.165) is 53.9 Å². The first-order valence-electron chi connectivity index (χ1n) is 12.1. The Balaban J connectivity index is 1.49. The predicted octanol–water partition coefficient (Wildman–Crippen LogP) is 4.52. The molecule has 0 saturated heterocycles. The normalized spacial score (nSPS) is 15.9. The molecule has 1 fully saturated rings. The van der Waals surface area contributed by atoms with Crippen LogP contribution in [0.3, 0.4) is 0 Å². The van der Waals surface area contributed by atoms with Crippen molar-refractivity contribution in [2.75, 3.05) is 6.79 Å². The van der Waals surface area contributed by atoms with Gasteiger partial charge in [0.1, 0.15) is 6.04 Å². The van der Waals surface area contributed by atoms with Gasteiger partial charge in [0.15, 0.2) is 11.5 Å². The number of hydrogen-bond donors (Lipinski definition) is 1. The summed E-state index contributed by atoms with van der Waals surface area (Å²) in [6.07, 6.45) is 5.86. The first-order valence-corrected chi connectivity index (χ1v) is 12.1. The van der Waals surface area contributed by atoms with Crippen molar-refractivity contribution in [3.05, 3.63) is 59.2 Å². The van der Waals surface area contributed by atoms with Gasteiger partial charge < -0.3 is 19.7 Å². The van der Waals surface area contributed by atoms with Gasteiger partial charge in [-0.05, 0) is 61.4 Å². The number of rotatable bonds is 9. The first kappa shape index (κ1) is 23.1. The van der Waals surface area contributed by atoms with E-state index >= 15 is 0 Å². The van der Waals surface area contributed by atoms with Gasteiger partial charge in [-0.25, -0.2) is 0 Å². The highest BCUT2D eigenvalue weighted by Crippen LogP contribution is 2.33. The Kier molecular flexibility index (Phi) is 7.53. The fourth-order valence-corrected chi connectivity index (χ4v) is 4.75. The lowest BCUT2D eigenvalue weighted by Gasteiger charge is -2.32. The summed E-state index contributed by atoms with van der Waals surface area (Å²) >= 11 is 0. The van der Waals surface area contributed by atoms with Gasteiger partial charge in [0.25, 0.3) is 0 Å². The molecule has 1 atom stereocenters. The van der Waals surface area contributed by atoms with Gasteiger partial charge in [-0.3, -0.25) is 9.59 Å². The molecule has 2 aromatic rings. The second kappa shape index (κ2) is 10.7. The summed E-state index contributed by atoms with van der Waals surface area (Å²) in [4.78, 5) is 28.5. The van der Waals surface area contributed by atoms with Crippen LogP contribution in [-0.2, 0) is 22.6 Å². The maximum absolute atomic E-state index is 13.5. The van der Waals surface area contributed by atoms with Crippen LogP contribution < -0.4 is 14.8 Å². The molecular formula is C27H34N2O4. The summed E-state index contributed by atoms with van der Waals surface area (Å²) in [7, 11) is 0. The van der Waals surface area contributed by atoms with Crippen LogP contribution in [0, 0.1) is 6.92 Å². The quantitative estimate of drug-likeness (QED) is 0.610. The van der Waals surface area contributed by atoms with Crippen molar-refractivity contribution in [1.29, 1.82) is 0 Å². The highest BCUT2D eigenvalue weighted by atomic mass is 16.7. The predicted molar refractivity (Wildman–Crippen MR) is 127 cm³/mol. The van der Waals surface area contributed by atoms with Gasteiger partial charge in [-0.15, -0.1) is 0 Å². The molecule has 2 amide bonds. The fraction of sp³-hybridized carbons (Fsp3) is 0.481. The number of benzene rings is 2. The molecule has 1 heterocycles. The number of carbonyl (C=O) groups excluding carboxylic acids is 2. The highest BCUT2D eigenvalue weighted by Gasteiger charge is 2.30. The van der Waals surface area contributed by atoms with E-state index in [4.69, 9.17) is 9.47 Å². The molecule has 0 unspecified atom stereocenters. The minimum atomic E-state index is -0.477. The Morgan fingerprint density at radius 3 is 2.61 bits per heavy atom. The molecule has 33 heavy (non-hydrogen) atoms. The van der Waals surface area contributed by atoms with Crippen LogP contribution in [0.5, 0.6) is 11.5 Å². The second-order valence-corrected chi connectivity index (χ2v) is 9.05. The summed E-state index contributed by atoms with van der Waals surface area (Å²) in [6.45, 7) is 4.69. The van der Waals surface area contributed by atoms with Crippen LogP contribution in [-0.4, -0.2) is 35.6 Å². The summed E-state index contributed by atoms with van der Waals surface area (Å²) in [6, 6.07) is 13.6. The van der Waals surface area contributed by atoms with Crippen molar-refractivity contribution in [2.24, 2.45) is 0 Å². The third-order valence-corrected chi connectivity index (χ3v) is 6.75. The van der Waals surface area contributed by atoms with Crippen molar-refractivity contribution < 1.29 is 19.1 Å². The SMILES string of the molecule is CC[C@H](C(=O)NC1CCCC1)N(Cc1ccccc1C)C(=O)CCc1ccc2c(c1)OCO2. The molecule has 0 bridgehead atoms. The molecule has 2 aromatic carbocycles. The summed E-state index contributed by atoms with van der Waals surface area (Å²) in [5, 5.41) is 3.20. The van der Waals surface area contributed by atoms with Crippen LogP contribution in [0.1, 0.15) is 62.1 Å². The standard InChI is InChI=1S/C27H34N2O4/c1-3-23(27(31)28-22-10-6-7-11-22)29(17-21-9-5-4-8-19(21)2)26(30)15-13-20-12-14-24-25(16-20)33-18-32-24/h4-5,8-9,12,14,16,22-23H,3,6-7,10-11,13,15,17-18H2,1-2H3,(H,28,31)/t23-/m1/s1. The van der Waals surface area contributed by atoms with Crippen LogP contribution in [0.15, 0.2) is 42.5 Å².